The zero-order valence-electron chi connectivity index (χ0n) is 18.4. The molecule has 0 aliphatic heterocycles. The van der Waals surface area contributed by atoms with E-state index in [9.17, 15) is 14.0 Å². The fourth-order valence-corrected chi connectivity index (χ4v) is 4.52. The number of hydrogen-bond acceptors (Lipinski definition) is 3. The topological polar surface area (TPSA) is 49.4 Å². The molecule has 0 aliphatic rings. The summed E-state index contributed by atoms with van der Waals surface area (Å²) in [5.41, 5.74) is 1.66. The zero-order chi connectivity index (χ0) is 23.5. The van der Waals surface area contributed by atoms with Crippen molar-refractivity contribution in [2.75, 3.05) is 12.3 Å². The van der Waals surface area contributed by atoms with Gasteiger partial charge in [-0.15, -0.1) is 11.8 Å². The predicted octanol–water partition coefficient (Wildman–Crippen LogP) is 6.09. The Labute approximate surface area is 203 Å². The fourth-order valence-electron chi connectivity index (χ4n) is 3.18. The smallest absolute Gasteiger partial charge is 0.242 e. The fraction of sp³-hybridized carbons (Fsp3) is 0.417. The van der Waals surface area contributed by atoms with Crippen molar-refractivity contribution in [2.24, 2.45) is 0 Å². The van der Waals surface area contributed by atoms with Crippen LogP contribution in [0.15, 0.2) is 42.5 Å². The van der Waals surface area contributed by atoms with Crippen molar-refractivity contribution in [3.8, 4) is 0 Å². The van der Waals surface area contributed by atoms with Gasteiger partial charge in [-0.05, 0) is 48.2 Å². The van der Waals surface area contributed by atoms with Gasteiger partial charge < -0.3 is 10.2 Å². The van der Waals surface area contributed by atoms with E-state index in [0.29, 0.717) is 28.8 Å². The Morgan fingerprint density at radius 3 is 2.47 bits per heavy atom. The van der Waals surface area contributed by atoms with Crippen molar-refractivity contribution >= 4 is 46.8 Å². The third kappa shape index (κ3) is 8.30. The highest BCUT2D eigenvalue weighted by molar-refractivity contribution is 7.99. The van der Waals surface area contributed by atoms with Gasteiger partial charge in [0.15, 0.2) is 0 Å². The van der Waals surface area contributed by atoms with Crippen LogP contribution >= 0.6 is 35.0 Å². The van der Waals surface area contributed by atoms with Gasteiger partial charge in [0.25, 0.3) is 0 Å². The second kappa shape index (κ2) is 13.7. The first-order valence-electron chi connectivity index (χ1n) is 10.7. The van der Waals surface area contributed by atoms with Crippen molar-refractivity contribution in [3.05, 3.63) is 69.5 Å². The summed E-state index contributed by atoms with van der Waals surface area (Å²) < 4.78 is 13.1. The molecule has 174 valence electrons. The summed E-state index contributed by atoms with van der Waals surface area (Å²) in [5.74, 6) is 0.159. The van der Waals surface area contributed by atoms with E-state index in [-0.39, 0.29) is 29.9 Å². The van der Waals surface area contributed by atoms with Gasteiger partial charge in [0.1, 0.15) is 11.9 Å². The minimum absolute atomic E-state index is 0.152. The van der Waals surface area contributed by atoms with Gasteiger partial charge in [0, 0.05) is 28.9 Å². The lowest BCUT2D eigenvalue weighted by atomic mass is 10.1. The molecule has 2 amide bonds. The lowest BCUT2D eigenvalue weighted by molar-refractivity contribution is -0.139. The number of halogens is 3. The normalized spacial score (nSPS) is 11.8. The van der Waals surface area contributed by atoms with Crippen molar-refractivity contribution in [1.29, 1.82) is 0 Å². The molecule has 4 nitrogen and oxygen atoms in total. The molecule has 0 saturated carbocycles. The number of nitrogens with one attached hydrogen (secondary N) is 1. The number of carbonyl (C=O) groups excluding carboxylic acids is 2. The molecular formula is C24H29Cl2FN2O2S. The Hall–Kier alpha value is -1.76. The van der Waals surface area contributed by atoms with Crippen LogP contribution in [0.25, 0.3) is 0 Å². The maximum Gasteiger partial charge on any atom is 0.242 e. The largest absolute Gasteiger partial charge is 0.354 e. The number of rotatable bonds is 12. The molecule has 1 atom stereocenters. The summed E-state index contributed by atoms with van der Waals surface area (Å²) >= 11 is 13.8. The molecule has 1 unspecified atom stereocenters. The average molecular weight is 499 g/mol. The highest BCUT2D eigenvalue weighted by Crippen LogP contribution is 2.24. The zero-order valence-corrected chi connectivity index (χ0v) is 20.7. The van der Waals surface area contributed by atoms with Gasteiger partial charge in [-0.25, -0.2) is 4.39 Å². The number of unbranched alkanes of at least 4 members (excludes halogenated alkanes) is 1. The van der Waals surface area contributed by atoms with E-state index < -0.39 is 6.04 Å². The first kappa shape index (κ1) is 26.5. The molecule has 0 saturated heterocycles. The van der Waals surface area contributed by atoms with Crippen molar-refractivity contribution in [1.82, 2.24) is 10.2 Å². The van der Waals surface area contributed by atoms with Crippen LogP contribution in [0.4, 0.5) is 4.39 Å². The lowest BCUT2D eigenvalue weighted by Gasteiger charge is -2.31. The minimum atomic E-state index is -0.600. The Morgan fingerprint density at radius 1 is 1.12 bits per heavy atom. The first-order chi connectivity index (χ1) is 15.3. The highest BCUT2D eigenvalue weighted by atomic mass is 35.5. The number of hydrogen-bond donors (Lipinski definition) is 1. The van der Waals surface area contributed by atoms with E-state index >= 15 is 0 Å². The molecule has 2 aromatic rings. The SMILES string of the molecule is CCCCNC(=O)C(CC)N(Cc1ccc(Cl)cc1Cl)C(=O)CSCc1ccc(F)cc1. The van der Waals surface area contributed by atoms with Gasteiger partial charge in [-0.3, -0.25) is 9.59 Å². The minimum Gasteiger partial charge on any atom is -0.354 e. The number of nitrogens with zero attached hydrogens (tertiary/aromatic N) is 1. The van der Waals surface area contributed by atoms with Crippen LogP contribution < -0.4 is 5.32 Å². The standard InChI is InChI=1S/C24H29Cl2FN2O2S/c1-3-5-12-28-24(31)22(4-2)29(14-18-8-9-19(25)13-21(18)26)23(30)16-32-15-17-6-10-20(27)11-7-17/h6-11,13,22H,3-5,12,14-16H2,1-2H3,(H,28,31). The Bertz CT molecular complexity index is 896. The third-order valence-electron chi connectivity index (χ3n) is 4.98. The number of amides is 2. The molecule has 2 rings (SSSR count). The number of benzene rings is 2. The summed E-state index contributed by atoms with van der Waals surface area (Å²) in [5, 5.41) is 3.90. The van der Waals surface area contributed by atoms with E-state index in [2.05, 4.69) is 12.2 Å². The molecule has 0 bridgehead atoms. The molecule has 0 aromatic heterocycles. The number of carbonyl (C=O) groups is 2. The lowest BCUT2D eigenvalue weighted by Crippen LogP contribution is -2.49. The molecule has 0 aliphatic carbocycles. The van der Waals surface area contributed by atoms with Gasteiger partial charge >= 0.3 is 0 Å². The van der Waals surface area contributed by atoms with Crippen LogP contribution in [0.5, 0.6) is 0 Å². The van der Waals surface area contributed by atoms with E-state index in [1.165, 1.54) is 23.9 Å². The Balaban J connectivity index is 2.14. The Kier molecular flexibility index (Phi) is 11.4. The second-order valence-electron chi connectivity index (χ2n) is 7.45. The van der Waals surface area contributed by atoms with Crippen LogP contribution in [0.2, 0.25) is 10.0 Å². The highest BCUT2D eigenvalue weighted by Gasteiger charge is 2.28. The van der Waals surface area contributed by atoms with E-state index in [1.54, 1.807) is 35.2 Å². The van der Waals surface area contributed by atoms with Gasteiger partial charge in [0.2, 0.25) is 11.8 Å². The molecule has 0 spiro atoms. The maximum absolute atomic E-state index is 13.2. The van der Waals surface area contributed by atoms with Crippen molar-refractivity contribution < 1.29 is 14.0 Å². The quantitative estimate of drug-likeness (QED) is 0.360. The molecule has 8 heteroatoms. The summed E-state index contributed by atoms with van der Waals surface area (Å²) in [6.45, 7) is 4.74. The van der Waals surface area contributed by atoms with Crippen LogP contribution in [-0.2, 0) is 21.9 Å². The predicted molar refractivity (Wildman–Crippen MR) is 132 cm³/mol. The van der Waals surface area contributed by atoms with Crippen molar-refractivity contribution in [2.45, 2.75) is 51.4 Å². The summed E-state index contributed by atoms with van der Waals surface area (Å²) in [4.78, 5) is 27.6. The van der Waals surface area contributed by atoms with Crippen LogP contribution in [0, 0.1) is 5.82 Å². The van der Waals surface area contributed by atoms with E-state index in [4.69, 9.17) is 23.2 Å². The van der Waals surface area contributed by atoms with E-state index in [0.717, 1.165) is 24.0 Å². The summed E-state index contributed by atoms with van der Waals surface area (Å²) in [7, 11) is 0. The van der Waals surface area contributed by atoms with Crippen LogP contribution in [0.3, 0.4) is 0 Å². The molecule has 2 aromatic carbocycles. The average Bonchev–Trinajstić information content (AvgIpc) is 2.76. The third-order valence-corrected chi connectivity index (χ3v) is 6.55. The molecular weight excluding hydrogens is 470 g/mol. The number of thioether (sulfide) groups is 1. The summed E-state index contributed by atoms with van der Waals surface area (Å²) in [6.07, 6.45) is 2.34. The molecule has 0 fully saturated rings. The molecule has 0 heterocycles. The first-order valence-corrected chi connectivity index (χ1v) is 12.6. The second-order valence-corrected chi connectivity index (χ2v) is 9.27. The van der Waals surface area contributed by atoms with Gasteiger partial charge in [-0.2, -0.15) is 0 Å². The summed E-state index contributed by atoms with van der Waals surface area (Å²) in [6, 6.07) is 10.7. The van der Waals surface area contributed by atoms with Crippen LogP contribution in [0.1, 0.15) is 44.2 Å². The Morgan fingerprint density at radius 2 is 1.84 bits per heavy atom. The maximum atomic E-state index is 13.2. The monoisotopic (exact) mass is 498 g/mol. The van der Waals surface area contributed by atoms with Gasteiger partial charge in [-0.1, -0.05) is 61.7 Å². The molecule has 32 heavy (non-hydrogen) atoms. The van der Waals surface area contributed by atoms with Gasteiger partial charge in [0.05, 0.1) is 5.75 Å². The van der Waals surface area contributed by atoms with Crippen molar-refractivity contribution in [3.63, 3.8) is 0 Å². The molecule has 1 N–H and O–H groups in total. The van der Waals surface area contributed by atoms with Crippen LogP contribution in [-0.4, -0.2) is 35.1 Å². The molecule has 0 radical (unpaired) electrons. The van der Waals surface area contributed by atoms with E-state index in [1.807, 2.05) is 6.92 Å².